The van der Waals surface area contributed by atoms with E-state index in [2.05, 4.69) is 6.92 Å². The van der Waals surface area contributed by atoms with Crippen LogP contribution in [0.3, 0.4) is 0 Å². The molecule has 0 aromatic heterocycles. The zero-order valence-corrected chi connectivity index (χ0v) is 6.11. The summed E-state index contributed by atoms with van der Waals surface area (Å²) < 4.78 is 0. The molecular formula is C6H13LiO. The third kappa shape index (κ3) is 9.75. The average Bonchev–Trinajstić information content (AvgIpc) is 1.61. The first-order chi connectivity index (χ1) is 3.27. The van der Waals surface area contributed by atoms with Crippen LogP contribution in [0, 0.1) is 0 Å². The van der Waals surface area contributed by atoms with E-state index in [1.165, 1.54) is 0 Å². The largest absolute Gasteiger partial charge is 1.00 e. The van der Waals surface area contributed by atoms with Gasteiger partial charge in [-0.1, -0.05) is 33.1 Å². The van der Waals surface area contributed by atoms with E-state index in [9.17, 15) is 5.11 Å². The first-order valence-electron chi connectivity index (χ1n) is 2.93. The van der Waals surface area contributed by atoms with Crippen molar-refractivity contribution in [3.63, 3.8) is 0 Å². The van der Waals surface area contributed by atoms with Gasteiger partial charge in [-0.05, 0) is 0 Å². The minimum Gasteiger partial charge on any atom is -0.852 e. The zero-order valence-electron chi connectivity index (χ0n) is 6.11. The summed E-state index contributed by atoms with van der Waals surface area (Å²) in [7, 11) is 0. The molecule has 0 fully saturated rings. The number of unbranched alkanes of at least 4 members (excludes halogenated alkanes) is 1. The van der Waals surface area contributed by atoms with Gasteiger partial charge in [0, 0.05) is 0 Å². The Hall–Kier alpha value is 0.557. The van der Waals surface area contributed by atoms with Gasteiger partial charge in [0.15, 0.2) is 0 Å². The SMILES string of the molecule is CCCCC(C)[O-].[Li+]. The van der Waals surface area contributed by atoms with Gasteiger partial charge in [-0.2, -0.15) is 0 Å². The van der Waals surface area contributed by atoms with Crippen LogP contribution in [-0.2, 0) is 0 Å². The second-order valence-electron chi connectivity index (χ2n) is 1.95. The van der Waals surface area contributed by atoms with Crippen molar-refractivity contribution in [2.75, 3.05) is 0 Å². The Bertz CT molecular complexity index is 37.5. The van der Waals surface area contributed by atoms with Crippen LogP contribution in [0.15, 0.2) is 0 Å². The molecule has 1 atom stereocenters. The molecule has 0 aromatic carbocycles. The maximum Gasteiger partial charge on any atom is 1.00 e. The predicted molar refractivity (Wildman–Crippen MR) is 29.0 cm³/mol. The van der Waals surface area contributed by atoms with E-state index < -0.39 is 0 Å². The molecule has 0 saturated heterocycles. The molecule has 1 unspecified atom stereocenters. The first-order valence-corrected chi connectivity index (χ1v) is 2.93. The van der Waals surface area contributed by atoms with E-state index in [0.29, 0.717) is 0 Å². The summed E-state index contributed by atoms with van der Waals surface area (Å²) in [4.78, 5) is 0. The molecule has 0 aromatic rings. The van der Waals surface area contributed by atoms with Gasteiger partial charge >= 0.3 is 18.9 Å². The van der Waals surface area contributed by atoms with Gasteiger partial charge in [-0.3, -0.25) is 0 Å². The van der Waals surface area contributed by atoms with Gasteiger partial charge in [0.2, 0.25) is 0 Å². The van der Waals surface area contributed by atoms with Crippen molar-refractivity contribution < 1.29 is 24.0 Å². The Morgan fingerprint density at radius 1 is 1.50 bits per heavy atom. The summed E-state index contributed by atoms with van der Waals surface area (Å²) in [6.07, 6.45) is 2.73. The van der Waals surface area contributed by atoms with Gasteiger partial charge in [-0.15, -0.1) is 6.10 Å². The average molecular weight is 108 g/mol. The fourth-order valence-electron chi connectivity index (χ4n) is 0.492. The van der Waals surface area contributed by atoms with Crippen molar-refractivity contribution in [1.82, 2.24) is 0 Å². The minimum absolute atomic E-state index is 0. The van der Waals surface area contributed by atoms with Crippen LogP contribution in [0.5, 0.6) is 0 Å². The van der Waals surface area contributed by atoms with E-state index in [4.69, 9.17) is 0 Å². The Kier molecular flexibility index (Phi) is 10.7. The van der Waals surface area contributed by atoms with Crippen LogP contribution in [0.4, 0.5) is 0 Å². The van der Waals surface area contributed by atoms with Crippen molar-refractivity contribution in [2.24, 2.45) is 0 Å². The summed E-state index contributed by atoms with van der Waals surface area (Å²) in [5, 5.41) is 10.3. The number of hydrogen-bond acceptors (Lipinski definition) is 1. The van der Waals surface area contributed by atoms with Gasteiger partial charge in [0.05, 0.1) is 0 Å². The maximum atomic E-state index is 10.3. The Labute approximate surface area is 63.7 Å². The van der Waals surface area contributed by atoms with Gasteiger partial charge in [0.25, 0.3) is 0 Å². The molecule has 0 saturated carbocycles. The normalized spacial score (nSPS) is 12.4. The number of hydrogen-bond donors (Lipinski definition) is 0. The van der Waals surface area contributed by atoms with E-state index in [0.717, 1.165) is 19.3 Å². The van der Waals surface area contributed by atoms with E-state index in [-0.39, 0.29) is 25.0 Å². The van der Waals surface area contributed by atoms with Crippen LogP contribution in [0.1, 0.15) is 33.1 Å². The quantitative estimate of drug-likeness (QED) is 0.381. The predicted octanol–water partition coefficient (Wildman–Crippen LogP) is -2.07. The second-order valence-corrected chi connectivity index (χ2v) is 1.95. The third-order valence-corrected chi connectivity index (χ3v) is 0.964. The number of rotatable bonds is 3. The van der Waals surface area contributed by atoms with Gasteiger partial charge in [0.1, 0.15) is 0 Å². The first kappa shape index (κ1) is 11.4. The van der Waals surface area contributed by atoms with E-state index >= 15 is 0 Å². The molecule has 8 heavy (non-hydrogen) atoms. The Morgan fingerprint density at radius 3 is 2.12 bits per heavy atom. The smallest absolute Gasteiger partial charge is 0.852 e. The van der Waals surface area contributed by atoms with Crippen LogP contribution < -0.4 is 24.0 Å². The van der Waals surface area contributed by atoms with E-state index in [1.807, 2.05) is 0 Å². The van der Waals surface area contributed by atoms with E-state index in [1.54, 1.807) is 6.92 Å². The monoisotopic (exact) mass is 108 g/mol. The molecule has 0 heterocycles. The van der Waals surface area contributed by atoms with Crippen LogP contribution in [0.2, 0.25) is 0 Å². The maximum absolute atomic E-state index is 10.3. The molecule has 0 radical (unpaired) electrons. The molecule has 0 N–H and O–H groups in total. The fraction of sp³-hybridized carbons (Fsp3) is 1.00. The molecule has 0 spiro atoms. The van der Waals surface area contributed by atoms with Crippen LogP contribution in [0.25, 0.3) is 0 Å². The topological polar surface area (TPSA) is 23.1 Å². The van der Waals surface area contributed by atoms with Crippen molar-refractivity contribution >= 4 is 0 Å². The molecule has 0 aliphatic heterocycles. The Morgan fingerprint density at radius 2 is 2.00 bits per heavy atom. The molecule has 0 amide bonds. The molecular weight excluding hydrogens is 95.0 g/mol. The molecule has 0 aliphatic carbocycles. The minimum atomic E-state index is -0.347. The van der Waals surface area contributed by atoms with Crippen molar-refractivity contribution in [2.45, 2.75) is 39.2 Å². The molecule has 2 heteroatoms. The summed E-state index contributed by atoms with van der Waals surface area (Å²) in [5.41, 5.74) is 0. The second kappa shape index (κ2) is 7.56. The third-order valence-electron chi connectivity index (χ3n) is 0.964. The van der Waals surface area contributed by atoms with Gasteiger partial charge < -0.3 is 5.11 Å². The summed E-state index contributed by atoms with van der Waals surface area (Å²) in [6.45, 7) is 3.82. The Balaban J connectivity index is 0. The molecule has 0 rings (SSSR count). The molecule has 0 aliphatic rings. The standard InChI is InChI=1S/C6H13O.Li/c1-3-4-5-6(2)7;/h6H,3-5H2,1-2H3;/q-1;+1. The summed E-state index contributed by atoms with van der Waals surface area (Å²) >= 11 is 0. The summed E-state index contributed by atoms with van der Waals surface area (Å²) in [6, 6.07) is 0. The van der Waals surface area contributed by atoms with Crippen molar-refractivity contribution in [3.8, 4) is 0 Å². The molecule has 0 bridgehead atoms. The van der Waals surface area contributed by atoms with Crippen LogP contribution in [-0.4, -0.2) is 6.10 Å². The molecule has 44 valence electrons. The van der Waals surface area contributed by atoms with Gasteiger partial charge in [-0.25, -0.2) is 0 Å². The molecule has 1 nitrogen and oxygen atoms in total. The fourth-order valence-corrected chi connectivity index (χ4v) is 0.492. The summed E-state index contributed by atoms with van der Waals surface area (Å²) in [5.74, 6) is 0. The van der Waals surface area contributed by atoms with Crippen molar-refractivity contribution in [3.05, 3.63) is 0 Å². The van der Waals surface area contributed by atoms with Crippen LogP contribution >= 0.6 is 0 Å². The van der Waals surface area contributed by atoms with Crippen molar-refractivity contribution in [1.29, 1.82) is 0 Å². The zero-order chi connectivity index (χ0) is 5.70.